The topological polar surface area (TPSA) is 63.8 Å². The fraction of sp³-hybridized carbons (Fsp3) is 0.0714. The van der Waals surface area contributed by atoms with Crippen molar-refractivity contribution in [3.63, 3.8) is 0 Å². The first-order chi connectivity index (χ1) is 9.28. The summed E-state index contributed by atoms with van der Waals surface area (Å²) in [7, 11) is 1.59. The van der Waals surface area contributed by atoms with Crippen molar-refractivity contribution < 1.29 is 4.74 Å². The first kappa shape index (κ1) is 14.2. The van der Waals surface area contributed by atoms with E-state index in [1.54, 1.807) is 36.2 Å². The van der Waals surface area contributed by atoms with Gasteiger partial charge in [0.2, 0.25) is 11.8 Å². The van der Waals surface area contributed by atoms with E-state index in [1.165, 1.54) is 0 Å². The van der Waals surface area contributed by atoms with Crippen molar-refractivity contribution in [3.8, 4) is 11.8 Å². The van der Waals surface area contributed by atoms with E-state index in [0.29, 0.717) is 17.2 Å². The van der Waals surface area contributed by atoms with Crippen LogP contribution in [0, 0.1) is 5.41 Å². The van der Waals surface area contributed by atoms with Crippen molar-refractivity contribution in [2.45, 2.75) is 0 Å². The number of benzene rings is 1. The molecule has 102 valence electrons. The van der Waals surface area contributed by atoms with Crippen LogP contribution in [0.4, 0.5) is 0 Å². The number of methoxy groups -OCH3 is 1. The highest BCUT2D eigenvalue weighted by atomic mass is 79.9. The molecule has 0 aliphatic carbocycles. The minimum absolute atomic E-state index is 0. The highest BCUT2D eigenvalue weighted by Crippen LogP contribution is 2.22. The minimum Gasteiger partial charge on any atom is -0.480 e. The normalized spacial score (nSPS) is 10.1. The van der Waals surface area contributed by atoms with Crippen LogP contribution in [0.5, 0.6) is 5.88 Å². The van der Waals surface area contributed by atoms with E-state index in [0.717, 1.165) is 10.9 Å². The molecule has 3 aromatic rings. The first-order valence-electron chi connectivity index (χ1n) is 5.82. The zero-order chi connectivity index (χ0) is 13.2. The molecule has 0 radical (unpaired) electrons. The Morgan fingerprint density at radius 2 is 1.75 bits per heavy atom. The van der Waals surface area contributed by atoms with Gasteiger partial charge in [-0.05, 0) is 24.3 Å². The average molecular weight is 333 g/mol. The lowest BCUT2D eigenvalue weighted by Crippen LogP contribution is -2.06. The summed E-state index contributed by atoms with van der Waals surface area (Å²) in [5, 5.41) is 8.81. The van der Waals surface area contributed by atoms with Crippen molar-refractivity contribution in [1.82, 2.24) is 14.5 Å². The molecule has 2 aromatic heterocycles. The SMILES string of the molecule is Br.COc1nc(-n2ccc(=N)cc2)nc2ccccc12. The summed E-state index contributed by atoms with van der Waals surface area (Å²) in [6, 6.07) is 11.1. The Labute approximate surface area is 126 Å². The molecule has 1 aromatic carbocycles. The van der Waals surface area contributed by atoms with Gasteiger partial charge in [0.05, 0.1) is 23.4 Å². The maximum Gasteiger partial charge on any atom is 0.237 e. The molecule has 0 fully saturated rings. The maximum atomic E-state index is 7.48. The Balaban J connectivity index is 0.00000147. The van der Waals surface area contributed by atoms with E-state index in [1.807, 2.05) is 24.3 Å². The highest BCUT2D eigenvalue weighted by Gasteiger charge is 2.07. The molecule has 0 aliphatic heterocycles. The number of rotatable bonds is 2. The quantitative estimate of drug-likeness (QED) is 0.784. The lowest BCUT2D eigenvalue weighted by atomic mass is 10.2. The Kier molecular flexibility index (Phi) is 4.14. The van der Waals surface area contributed by atoms with Crippen LogP contribution >= 0.6 is 17.0 Å². The number of ether oxygens (including phenoxy) is 1. The molecule has 2 heterocycles. The lowest BCUT2D eigenvalue weighted by molar-refractivity contribution is 0.402. The number of hydrogen-bond donors (Lipinski definition) is 1. The van der Waals surface area contributed by atoms with Crippen LogP contribution in [0.3, 0.4) is 0 Å². The summed E-state index contributed by atoms with van der Waals surface area (Å²) in [5.41, 5.74) is 0.826. The summed E-state index contributed by atoms with van der Waals surface area (Å²) in [5.74, 6) is 1.07. The minimum atomic E-state index is 0. The summed E-state index contributed by atoms with van der Waals surface area (Å²) in [6.07, 6.45) is 3.51. The van der Waals surface area contributed by atoms with Crippen molar-refractivity contribution >= 4 is 27.9 Å². The van der Waals surface area contributed by atoms with Gasteiger partial charge >= 0.3 is 0 Å². The third-order valence-electron chi connectivity index (χ3n) is 2.81. The van der Waals surface area contributed by atoms with Crippen molar-refractivity contribution in [1.29, 1.82) is 5.41 Å². The zero-order valence-corrected chi connectivity index (χ0v) is 12.5. The number of halogens is 1. The lowest BCUT2D eigenvalue weighted by Gasteiger charge is -2.08. The fourth-order valence-electron chi connectivity index (χ4n) is 1.87. The van der Waals surface area contributed by atoms with Gasteiger partial charge in [-0.25, -0.2) is 4.98 Å². The predicted molar refractivity (Wildman–Crippen MR) is 81.6 cm³/mol. The number of pyridine rings is 1. The van der Waals surface area contributed by atoms with Crippen LogP contribution in [0.1, 0.15) is 0 Å². The van der Waals surface area contributed by atoms with E-state index in [2.05, 4.69) is 9.97 Å². The largest absolute Gasteiger partial charge is 0.480 e. The van der Waals surface area contributed by atoms with Crippen LogP contribution in [-0.4, -0.2) is 21.6 Å². The fourth-order valence-corrected chi connectivity index (χ4v) is 1.87. The van der Waals surface area contributed by atoms with E-state index >= 15 is 0 Å². The molecule has 0 spiro atoms. The van der Waals surface area contributed by atoms with Gasteiger partial charge in [0, 0.05) is 12.4 Å². The zero-order valence-electron chi connectivity index (χ0n) is 10.8. The predicted octanol–water partition coefficient (Wildman–Crippen LogP) is 2.49. The molecule has 20 heavy (non-hydrogen) atoms. The molecule has 3 rings (SSSR count). The Morgan fingerprint density at radius 1 is 1.05 bits per heavy atom. The van der Waals surface area contributed by atoms with E-state index in [4.69, 9.17) is 10.1 Å². The summed E-state index contributed by atoms with van der Waals surface area (Å²) < 4.78 is 7.07. The Bertz CT molecular complexity index is 780. The number of nitrogens with zero attached hydrogens (tertiary/aromatic N) is 3. The Hall–Kier alpha value is -2.21. The van der Waals surface area contributed by atoms with Gasteiger partial charge in [0.25, 0.3) is 0 Å². The van der Waals surface area contributed by atoms with Crippen molar-refractivity contribution in [3.05, 3.63) is 54.1 Å². The molecular formula is C14H13BrN4O. The van der Waals surface area contributed by atoms with E-state index < -0.39 is 0 Å². The molecule has 5 nitrogen and oxygen atoms in total. The van der Waals surface area contributed by atoms with Gasteiger partial charge in [0.15, 0.2) is 0 Å². The van der Waals surface area contributed by atoms with Gasteiger partial charge in [-0.3, -0.25) is 4.57 Å². The van der Waals surface area contributed by atoms with Gasteiger partial charge in [-0.2, -0.15) is 4.98 Å². The molecule has 0 bridgehead atoms. The van der Waals surface area contributed by atoms with Gasteiger partial charge < -0.3 is 10.1 Å². The second-order valence-electron chi connectivity index (χ2n) is 4.04. The molecule has 0 amide bonds. The van der Waals surface area contributed by atoms with Crippen LogP contribution in [-0.2, 0) is 0 Å². The molecule has 0 atom stereocenters. The third-order valence-corrected chi connectivity index (χ3v) is 2.81. The number of fused-ring (bicyclic) bond motifs is 1. The summed E-state index contributed by atoms with van der Waals surface area (Å²) in [4.78, 5) is 8.88. The monoisotopic (exact) mass is 332 g/mol. The van der Waals surface area contributed by atoms with Gasteiger partial charge in [-0.1, -0.05) is 12.1 Å². The van der Waals surface area contributed by atoms with Gasteiger partial charge in [0.1, 0.15) is 0 Å². The highest BCUT2D eigenvalue weighted by molar-refractivity contribution is 8.93. The van der Waals surface area contributed by atoms with Crippen LogP contribution < -0.4 is 10.1 Å². The molecule has 0 saturated carbocycles. The van der Waals surface area contributed by atoms with Crippen LogP contribution in [0.25, 0.3) is 16.9 Å². The van der Waals surface area contributed by atoms with Crippen molar-refractivity contribution in [2.75, 3.05) is 7.11 Å². The summed E-state index contributed by atoms with van der Waals surface area (Å²) in [6.45, 7) is 0. The van der Waals surface area contributed by atoms with Crippen LogP contribution in [0.15, 0.2) is 48.8 Å². The van der Waals surface area contributed by atoms with Crippen molar-refractivity contribution in [2.24, 2.45) is 0 Å². The second-order valence-corrected chi connectivity index (χ2v) is 4.04. The molecule has 1 N–H and O–H groups in total. The molecule has 6 heteroatoms. The molecule has 0 aliphatic rings. The smallest absolute Gasteiger partial charge is 0.237 e. The second kappa shape index (κ2) is 5.83. The molecule has 0 saturated heterocycles. The standard InChI is InChI=1S/C14H12N4O.BrH/c1-19-13-11-4-2-3-5-12(11)16-14(17-13)18-8-6-10(15)7-9-18;/h2-9,15H,1H3;1H. The van der Waals surface area contributed by atoms with E-state index in [-0.39, 0.29) is 17.0 Å². The van der Waals surface area contributed by atoms with E-state index in [9.17, 15) is 0 Å². The maximum absolute atomic E-state index is 7.48. The molecule has 0 unspecified atom stereocenters. The number of nitrogens with one attached hydrogen (secondary N) is 1. The number of para-hydroxylation sites is 1. The molecular weight excluding hydrogens is 320 g/mol. The Morgan fingerprint density at radius 3 is 2.45 bits per heavy atom. The number of aromatic nitrogens is 3. The number of hydrogen-bond acceptors (Lipinski definition) is 4. The van der Waals surface area contributed by atoms with Gasteiger partial charge in [-0.15, -0.1) is 17.0 Å². The summed E-state index contributed by atoms with van der Waals surface area (Å²) >= 11 is 0. The van der Waals surface area contributed by atoms with Crippen LogP contribution in [0.2, 0.25) is 0 Å². The average Bonchev–Trinajstić information content (AvgIpc) is 2.47. The first-order valence-corrected chi connectivity index (χ1v) is 5.82. The third kappa shape index (κ3) is 2.55.